The third-order valence-corrected chi connectivity index (χ3v) is 2.78. The van der Waals surface area contributed by atoms with Crippen LogP contribution >= 0.6 is 0 Å². The Labute approximate surface area is 115 Å². The van der Waals surface area contributed by atoms with Gasteiger partial charge in [-0.25, -0.2) is 4.68 Å². The van der Waals surface area contributed by atoms with Gasteiger partial charge in [-0.1, -0.05) is 34.1 Å². The molecule has 1 aromatic rings. The van der Waals surface area contributed by atoms with Crippen molar-refractivity contribution < 1.29 is 4.79 Å². The van der Waals surface area contributed by atoms with E-state index in [0.717, 1.165) is 19.3 Å². The minimum absolute atomic E-state index is 0.0668. The molecular weight excluding hydrogens is 242 g/mol. The zero-order chi connectivity index (χ0) is 14.8. The summed E-state index contributed by atoms with van der Waals surface area (Å²) in [6, 6.07) is 1.52. The number of carbonyl (C=O) groups excluding carboxylic acids is 1. The van der Waals surface area contributed by atoms with E-state index < -0.39 is 0 Å². The lowest BCUT2D eigenvalue weighted by Crippen LogP contribution is -2.34. The highest BCUT2D eigenvalue weighted by atomic mass is 16.2. The van der Waals surface area contributed by atoms with Gasteiger partial charge in [0.1, 0.15) is 5.56 Å². The van der Waals surface area contributed by atoms with Gasteiger partial charge in [-0.15, -0.1) is 0 Å². The molecule has 108 valence electrons. The summed E-state index contributed by atoms with van der Waals surface area (Å²) in [5.41, 5.74) is -0.163. The van der Waals surface area contributed by atoms with E-state index in [9.17, 15) is 9.59 Å². The van der Waals surface area contributed by atoms with Crippen LogP contribution in [0.4, 0.5) is 0 Å². The fraction of sp³-hybridized carbons (Fsp3) is 0.643. The van der Waals surface area contributed by atoms with Crippen LogP contribution in [0.15, 0.2) is 17.1 Å². The average molecular weight is 267 g/mol. The summed E-state index contributed by atoms with van der Waals surface area (Å²) < 4.78 is 1.42. The molecule has 5 nitrogen and oxygen atoms in total. The van der Waals surface area contributed by atoms with Crippen LogP contribution in [-0.4, -0.2) is 22.7 Å². The smallest absolute Gasteiger partial charge is 0.279 e. The van der Waals surface area contributed by atoms with E-state index in [1.807, 2.05) is 20.8 Å². The fourth-order valence-electron chi connectivity index (χ4n) is 1.83. The van der Waals surface area contributed by atoms with Gasteiger partial charge in [0, 0.05) is 13.2 Å². The zero-order valence-corrected chi connectivity index (χ0v) is 12.6. The van der Waals surface area contributed by atoms with Crippen molar-refractivity contribution in [3.05, 3.63) is 28.2 Å². The molecule has 0 aromatic carbocycles. The first kappa shape index (κ1) is 17.4. The molecule has 1 heterocycles. The number of nitrogens with one attached hydrogen (secondary N) is 1. The Morgan fingerprint density at radius 2 is 2.05 bits per heavy atom. The Balaban J connectivity index is 0.00000154. The number of aromatic nitrogens is 2. The molecule has 1 amide bonds. The number of hydrogen-bond donors (Lipinski definition) is 1. The Hall–Kier alpha value is -1.65. The second-order valence-electron chi connectivity index (χ2n) is 3.92. The van der Waals surface area contributed by atoms with Crippen LogP contribution in [0.5, 0.6) is 0 Å². The molecular formula is C14H25N3O2. The molecule has 19 heavy (non-hydrogen) atoms. The second-order valence-corrected chi connectivity index (χ2v) is 3.92. The molecule has 1 unspecified atom stereocenters. The SMILES string of the molecule is CC.CCCC(CC)n1nccc(C(=O)NC)c1=O. The molecule has 0 radical (unpaired) electrons. The maximum absolute atomic E-state index is 12.1. The van der Waals surface area contributed by atoms with Crippen LogP contribution in [0, 0.1) is 0 Å². The predicted molar refractivity (Wildman–Crippen MR) is 77.5 cm³/mol. The van der Waals surface area contributed by atoms with Crippen molar-refractivity contribution in [2.45, 2.75) is 53.0 Å². The highest BCUT2D eigenvalue weighted by Crippen LogP contribution is 2.14. The van der Waals surface area contributed by atoms with E-state index in [4.69, 9.17) is 0 Å². The number of nitrogens with zero attached hydrogens (tertiary/aromatic N) is 2. The van der Waals surface area contributed by atoms with Gasteiger partial charge in [0.25, 0.3) is 11.5 Å². The van der Waals surface area contributed by atoms with Gasteiger partial charge in [0.05, 0.1) is 6.04 Å². The van der Waals surface area contributed by atoms with Crippen LogP contribution in [0.2, 0.25) is 0 Å². The van der Waals surface area contributed by atoms with Crippen molar-refractivity contribution >= 4 is 5.91 Å². The summed E-state index contributed by atoms with van der Waals surface area (Å²) in [7, 11) is 1.51. The molecule has 1 atom stereocenters. The standard InChI is InChI=1S/C12H19N3O2.C2H6/c1-4-6-9(5-2)15-12(17)10(7-8-14-15)11(16)13-3;1-2/h7-9H,4-6H2,1-3H3,(H,13,16);1-2H3. The zero-order valence-electron chi connectivity index (χ0n) is 12.6. The lowest BCUT2D eigenvalue weighted by molar-refractivity contribution is 0.0960. The van der Waals surface area contributed by atoms with Crippen molar-refractivity contribution in [2.75, 3.05) is 7.05 Å². The van der Waals surface area contributed by atoms with Crippen LogP contribution in [-0.2, 0) is 0 Å². The number of carbonyl (C=O) groups is 1. The minimum Gasteiger partial charge on any atom is -0.355 e. The summed E-state index contributed by atoms with van der Waals surface area (Å²) in [4.78, 5) is 23.6. The van der Waals surface area contributed by atoms with Crippen molar-refractivity contribution in [1.29, 1.82) is 0 Å². The Morgan fingerprint density at radius 3 is 2.53 bits per heavy atom. The molecule has 0 aliphatic rings. The van der Waals surface area contributed by atoms with Gasteiger partial charge in [-0.05, 0) is 18.9 Å². The van der Waals surface area contributed by atoms with E-state index in [1.165, 1.54) is 24.0 Å². The van der Waals surface area contributed by atoms with Crippen molar-refractivity contribution in [3.63, 3.8) is 0 Å². The molecule has 0 saturated heterocycles. The third-order valence-electron chi connectivity index (χ3n) is 2.78. The van der Waals surface area contributed by atoms with Crippen LogP contribution in [0.3, 0.4) is 0 Å². The van der Waals surface area contributed by atoms with Gasteiger partial charge in [-0.3, -0.25) is 9.59 Å². The van der Waals surface area contributed by atoms with Crippen LogP contribution < -0.4 is 10.9 Å². The number of hydrogen-bond acceptors (Lipinski definition) is 3. The van der Waals surface area contributed by atoms with Gasteiger partial charge >= 0.3 is 0 Å². The van der Waals surface area contributed by atoms with Gasteiger partial charge in [-0.2, -0.15) is 5.10 Å². The second kappa shape index (κ2) is 9.30. The molecule has 0 aliphatic carbocycles. The number of rotatable bonds is 5. The average Bonchev–Trinajstić information content (AvgIpc) is 2.46. The molecule has 1 rings (SSSR count). The van der Waals surface area contributed by atoms with E-state index in [1.54, 1.807) is 0 Å². The maximum Gasteiger partial charge on any atom is 0.279 e. The lowest BCUT2D eigenvalue weighted by atomic mass is 10.1. The van der Waals surface area contributed by atoms with E-state index in [-0.39, 0.29) is 23.1 Å². The normalized spacial score (nSPS) is 11.2. The molecule has 0 spiro atoms. The van der Waals surface area contributed by atoms with Gasteiger partial charge < -0.3 is 5.32 Å². The topological polar surface area (TPSA) is 64.0 Å². The third kappa shape index (κ3) is 4.50. The largest absolute Gasteiger partial charge is 0.355 e. The summed E-state index contributed by atoms with van der Waals surface area (Å²) in [5, 5.41) is 6.53. The van der Waals surface area contributed by atoms with Crippen LogP contribution in [0.1, 0.15) is 63.4 Å². The van der Waals surface area contributed by atoms with Gasteiger partial charge in [0.2, 0.25) is 0 Å². The summed E-state index contributed by atoms with van der Waals surface area (Å²) in [6.07, 6.45) is 4.21. The van der Waals surface area contributed by atoms with Gasteiger partial charge in [0.15, 0.2) is 0 Å². The van der Waals surface area contributed by atoms with Crippen molar-refractivity contribution in [1.82, 2.24) is 15.1 Å². The molecule has 0 fully saturated rings. The highest BCUT2D eigenvalue weighted by Gasteiger charge is 2.16. The molecule has 0 bridgehead atoms. The summed E-state index contributed by atoms with van der Waals surface area (Å²) in [5.74, 6) is -0.363. The molecule has 5 heteroatoms. The van der Waals surface area contributed by atoms with Crippen LogP contribution in [0.25, 0.3) is 0 Å². The van der Waals surface area contributed by atoms with Crippen molar-refractivity contribution in [2.24, 2.45) is 0 Å². The Morgan fingerprint density at radius 1 is 1.42 bits per heavy atom. The number of amides is 1. The Bertz CT molecular complexity index is 441. The quantitative estimate of drug-likeness (QED) is 0.890. The minimum atomic E-state index is -0.363. The summed E-state index contributed by atoms with van der Waals surface area (Å²) in [6.45, 7) is 8.08. The summed E-state index contributed by atoms with van der Waals surface area (Å²) >= 11 is 0. The Kier molecular flexibility index (Phi) is 8.49. The maximum atomic E-state index is 12.1. The monoisotopic (exact) mass is 267 g/mol. The molecule has 0 saturated carbocycles. The first-order valence-electron chi connectivity index (χ1n) is 6.95. The molecule has 0 aliphatic heterocycles. The van der Waals surface area contributed by atoms with E-state index in [2.05, 4.69) is 17.3 Å². The van der Waals surface area contributed by atoms with E-state index in [0.29, 0.717) is 0 Å². The first-order chi connectivity index (χ1) is 9.15. The van der Waals surface area contributed by atoms with Crippen molar-refractivity contribution in [3.8, 4) is 0 Å². The lowest BCUT2D eigenvalue weighted by Gasteiger charge is -2.16. The predicted octanol–water partition coefficient (Wildman–Crippen LogP) is 2.38. The van der Waals surface area contributed by atoms with E-state index >= 15 is 0 Å². The fourth-order valence-corrected chi connectivity index (χ4v) is 1.83. The first-order valence-corrected chi connectivity index (χ1v) is 6.95. The highest BCUT2D eigenvalue weighted by molar-refractivity contribution is 5.93. The molecule has 1 aromatic heterocycles. The molecule has 1 N–H and O–H groups in total.